The molecule has 0 amide bonds. The third-order valence-corrected chi connectivity index (χ3v) is 7.11. The van der Waals surface area contributed by atoms with Gasteiger partial charge in [-0.2, -0.15) is 8.42 Å². The van der Waals surface area contributed by atoms with Crippen LogP contribution >= 0.6 is 0 Å². The van der Waals surface area contributed by atoms with Crippen LogP contribution in [-0.2, 0) is 14.8 Å². The molecule has 0 unspecified atom stereocenters. The molecule has 0 bridgehead atoms. The lowest BCUT2D eigenvalue weighted by Crippen LogP contribution is -2.44. The molecule has 0 saturated carbocycles. The minimum atomic E-state index is -3.67. The number of rotatable bonds is 6. The van der Waals surface area contributed by atoms with E-state index in [0.29, 0.717) is 41.4 Å². The third-order valence-electron chi connectivity index (χ3n) is 5.78. The molecule has 1 saturated heterocycles. The molecule has 32 heavy (non-hydrogen) atoms. The Labute approximate surface area is 187 Å². The van der Waals surface area contributed by atoms with Crippen molar-refractivity contribution < 1.29 is 27.4 Å². The number of hydrogen-bond acceptors (Lipinski definition) is 7. The number of likely N-dealkylation sites (tertiary alicyclic amines) is 1. The number of methoxy groups -OCH3 is 2. The molecule has 0 N–H and O–H groups in total. The van der Waals surface area contributed by atoms with E-state index in [9.17, 15) is 13.2 Å². The number of carbonyl (C=O) groups excluding carboxylic acids is 1. The maximum atomic E-state index is 12.6. The minimum absolute atomic E-state index is 0.0384. The fraction of sp³-hybridized carbons (Fsp3) is 0.391. The molecule has 9 heteroatoms. The van der Waals surface area contributed by atoms with Crippen molar-refractivity contribution in [3.63, 3.8) is 0 Å². The van der Waals surface area contributed by atoms with Crippen molar-refractivity contribution in [2.75, 3.05) is 27.4 Å². The molecule has 4 rings (SSSR count). The first-order valence-corrected chi connectivity index (χ1v) is 12.0. The largest absolute Gasteiger partial charge is 0.497 e. The number of hydrogen-bond donors (Lipinski definition) is 0. The second kappa shape index (κ2) is 9.20. The fourth-order valence-electron chi connectivity index (χ4n) is 4.17. The van der Waals surface area contributed by atoms with Gasteiger partial charge < -0.3 is 19.1 Å². The van der Waals surface area contributed by atoms with E-state index in [1.165, 1.54) is 14.2 Å². The summed E-state index contributed by atoms with van der Waals surface area (Å²) in [7, 11) is -0.635. The second-order valence-electron chi connectivity index (χ2n) is 7.76. The SMILES string of the molecule is COc1cc(OC)cc(C(=O)OCC[C@@H]2CCCCN2C2=NS(=O)(=O)c3ccccc32)c1. The van der Waals surface area contributed by atoms with Crippen LogP contribution < -0.4 is 9.47 Å². The summed E-state index contributed by atoms with van der Waals surface area (Å²) in [5.41, 5.74) is 0.988. The maximum Gasteiger partial charge on any atom is 0.338 e. The highest BCUT2D eigenvalue weighted by molar-refractivity contribution is 7.90. The summed E-state index contributed by atoms with van der Waals surface area (Å²) in [6, 6.07) is 11.8. The Bertz CT molecular complexity index is 1120. The summed E-state index contributed by atoms with van der Waals surface area (Å²) in [6.07, 6.45) is 3.45. The molecule has 1 atom stereocenters. The summed E-state index contributed by atoms with van der Waals surface area (Å²) in [5.74, 6) is 1.05. The minimum Gasteiger partial charge on any atom is -0.497 e. The zero-order valence-corrected chi connectivity index (χ0v) is 18.9. The molecule has 8 nitrogen and oxygen atoms in total. The van der Waals surface area contributed by atoms with Gasteiger partial charge in [0, 0.05) is 30.6 Å². The number of nitrogens with zero attached hydrogens (tertiary/aromatic N) is 2. The Hall–Kier alpha value is -3.07. The van der Waals surface area contributed by atoms with E-state index in [1.54, 1.807) is 36.4 Å². The van der Waals surface area contributed by atoms with E-state index in [1.807, 2.05) is 6.07 Å². The Morgan fingerprint density at radius 3 is 2.53 bits per heavy atom. The van der Waals surface area contributed by atoms with Crippen molar-refractivity contribution in [1.82, 2.24) is 4.90 Å². The Balaban J connectivity index is 1.45. The van der Waals surface area contributed by atoms with Gasteiger partial charge in [0.1, 0.15) is 16.4 Å². The van der Waals surface area contributed by atoms with Gasteiger partial charge >= 0.3 is 5.97 Å². The van der Waals surface area contributed by atoms with Crippen LogP contribution in [0, 0.1) is 0 Å². The number of benzene rings is 2. The van der Waals surface area contributed by atoms with Crippen molar-refractivity contribution in [2.45, 2.75) is 36.6 Å². The number of sulfonamides is 1. The molecular formula is C23H26N2O6S. The first-order valence-electron chi connectivity index (χ1n) is 10.5. The topological polar surface area (TPSA) is 94.5 Å². The number of piperidine rings is 1. The van der Waals surface area contributed by atoms with Gasteiger partial charge in [-0.05, 0) is 43.5 Å². The summed E-state index contributed by atoms with van der Waals surface area (Å²) >= 11 is 0. The molecule has 0 spiro atoms. The first-order chi connectivity index (χ1) is 15.4. The lowest BCUT2D eigenvalue weighted by molar-refractivity contribution is 0.0465. The van der Waals surface area contributed by atoms with Gasteiger partial charge in [0.15, 0.2) is 5.84 Å². The van der Waals surface area contributed by atoms with Crippen molar-refractivity contribution in [3.05, 3.63) is 53.6 Å². The standard InChI is InChI=1S/C23H26N2O6S/c1-29-18-13-16(14-19(15-18)30-2)23(26)31-12-10-17-7-5-6-11-25(17)22-20-8-3-4-9-21(20)32(27,28)24-22/h3-4,8-9,13-15,17H,5-7,10-12H2,1-2H3/t17-/m0/s1. The molecule has 0 radical (unpaired) electrons. The van der Waals surface area contributed by atoms with E-state index >= 15 is 0 Å². The van der Waals surface area contributed by atoms with E-state index in [2.05, 4.69) is 9.30 Å². The first kappa shape index (κ1) is 22.1. The number of carbonyl (C=O) groups is 1. The van der Waals surface area contributed by atoms with Gasteiger partial charge in [0.05, 0.1) is 26.4 Å². The fourth-order valence-corrected chi connectivity index (χ4v) is 5.39. The van der Waals surface area contributed by atoms with Crippen LogP contribution in [0.4, 0.5) is 0 Å². The Morgan fingerprint density at radius 1 is 1.09 bits per heavy atom. The highest BCUT2D eigenvalue weighted by atomic mass is 32.2. The van der Waals surface area contributed by atoms with Gasteiger partial charge in [-0.1, -0.05) is 12.1 Å². The van der Waals surface area contributed by atoms with Gasteiger partial charge in [-0.25, -0.2) is 4.79 Å². The summed E-state index contributed by atoms with van der Waals surface area (Å²) < 4.78 is 44.9. The average molecular weight is 459 g/mol. The summed E-state index contributed by atoms with van der Waals surface area (Å²) in [4.78, 5) is 14.9. The van der Waals surface area contributed by atoms with E-state index < -0.39 is 16.0 Å². The molecule has 2 heterocycles. The highest BCUT2D eigenvalue weighted by Gasteiger charge is 2.35. The van der Waals surface area contributed by atoms with Crippen molar-refractivity contribution in [3.8, 4) is 11.5 Å². The smallest absolute Gasteiger partial charge is 0.338 e. The second-order valence-corrected chi connectivity index (χ2v) is 9.33. The van der Waals surface area contributed by atoms with Crippen molar-refractivity contribution in [1.29, 1.82) is 0 Å². The van der Waals surface area contributed by atoms with Crippen LogP contribution in [-0.4, -0.2) is 58.5 Å². The van der Waals surface area contributed by atoms with Crippen molar-refractivity contribution >= 4 is 21.8 Å². The highest BCUT2D eigenvalue weighted by Crippen LogP contribution is 2.31. The van der Waals surface area contributed by atoms with Crippen LogP contribution in [0.2, 0.25) is 0 Å². The van der Waals surface area contributed by atoms with Gasteiger partial charge in [-0.3, -0.25) is 0 Å². The Morgan fingerprint density at radius 2 is 1.81 bits per heavy atom. The maximum absolute atomic E-state index is 12.6. The van der Waals surface area contributed by atoms with Crippen LogP contribution in [0.5, 0.6) is 11.5 Å². The predicted molar refractivity (Wildman–Crippen MR) is 119 cm³/mol. The normalized spacial score (nSPS) is 19.1. The van der Waals surface area contributed by atoms with E-state index in [4.69, 9.17) is 14.2 Å². The molecule has 170 valence electrons. The van der Waals surface area contributed by atoms with E-state index in [0.717, 1.165) is 19.3 Å². The number of amidine groups is 1. The number of ether oxygens (including phenoxy) is 3. The average Bonchev–Trinajstić information content (AvgIpc) is 3.09. The van der Waals surface area contributed by atoms with Crippen molar-refractivity contribution in [2.24, 2.45) is 4.40 Å². The molecule has 2 aliphatic rings. The number of fused-ring (bicyclic) bond motifs is 1. The lowest BCUT2D eigenvalue weighted by atomic mass is 9.98. The molecule has 0 aliphatic carbocycles. The van der Waals surface area contributed by atoms with Gasteiger partial charge in [0.2, 0.25) is 0 Å². The lowest BCUT2D eigenvalue weighted by Gasteiger charge is -2.37. The van der Waals surface area contributed by atoms with Gasteiger partial charge in [0.25, 0.3) is 10.0 Å². The Kier molecular flexibility index (Phi) is 6.36. The van der Waals surface area contributed by atoms with Gasteiger partial charge in [-0.15, -0.1) is 4.40 Å². The molecular weight excluding hydrogens is 432 g/mol. The molecule has 1 fully saturated rings. The zero-order chi connectivity index (χ0) is 22.7. The summed E-state index contributed by atoms with van der Waals surface area (Å²) in [5, 5.41) is 0. The van der Waals surface area contributed by atoms with E-state index in [-0.39, 0.29) is 17.5 Å². The predicted octanol–water partition coefficient (Wildman–Crippen LogP) is 3.25. The van der Waals surface area contributed by atoms with Crippen LogP contribution in [0.15, 0.2) is 51.8 Å². The molecule has 2 aliphatic heterocycles. The molecule has 2 aromatic rings. The quantitative estimate of drug-likeness (QED) is 0.613. The van der Waals surface area contributed by atoms with Crippen LogP contribution in [0.25, 0.3) is 0 Å². The molecule has 2 aromatic carbocycles. The number of esters is 1. The van der Waals surface area contributed by atoms with Crippen LogP contribution in [0.1, 0.15) is 41.6 Å². The summed E-state index contributed by atoms with van der Waals surface area (Å²) in [6.45, 7) is 0.926. The zero-order valence-electron chi connectivity index (χ0n) is 18.1. The van der Waals surface area contributed by atoms with Crippen LogP contribution in [0.3, 0.4) is 0 Å². The molecule has 0 aromatic heterocycles. The monoisotopic (exact) mass is 458 g/mol. The third kappa shape index (κ3) is 4.43.